The van der Waals surface area contributed by atoms with Crippen molar-refractivity contribution in [3.05, 3.63) is 21.9 Å². The summed E-state index contributed by atoms with van der Waals surface area (Å²) in [6, 6.07) is -0.644. The van der Waals surface area contributed by atoms with E-state index in [1.807, 2.05) is 17.7 Å². The molecule has 0 aliphatic rings. The molecule has 0 aliphatic carbocycles. The van der Waals surface area contributed by atoms with Gasteiger partial charge in [-0.05, 0) is 28.8 Å². The third-order valence-electron chi connectivity index (χ3n) is 2.13. The van der Waals surface area contributed by atoms with Crippen LogP contribution < -0.4 is 5.32 Å². The van der Waals surface area contributed by atoms with E-state index < -0.39 is 12.0 Å². The monoisotopic (exact) mass is 229 g/mol. The number of carbonyl (C=O) groups is 1. The molecular weight excluding hydrogens is 214 g/mol. The average molecular weight is 229 g/mol. The predicted molar refractivity (Wildman–Crippen MR) is 59.2 cm³/mol. The highest BCUT2D eigenvalue weighted by Crippen LogP contribution is 2.13. The van der Waals surface area contributed by atoms with Gasteiger partial charge in [0.15, 0.2) is 0 Å². The van der Waals surface area contributed by atoms with Gasteiger partial charge in [0.1, 0.15) is 6.04 Å². The molecule has 1 aromatic heterocycles. The molecule has 84 valence electrons. The smallest absolute Gasteiger partial charge is 0.323 e. The molecule has 1 aromatic rings. The van der Waals surface area contributed by atoms with E-state index in [0.717, 1.165) is 5.56 Å². The summed E-state index contributed by atoms with van der Waals surface area (Å²) in [4.78, 5) is 10.8. The minimum Gasteiger partial charge on any atom is -0.480 e. The van der Waals surface area contributed by atoms with Crippen LogP contribution >= 0.6 is 11.3 Å². The van der Waals surface area contributed by atoms with Crippen LogP contribution in [0.5, 0.6) is 0 Å². The van der Waals surface area contributed by atoms with Crippen LogP contribution in [0.2, 0.25) is 0 Å². The zero-order chi connectivity index (χ0) is 11.3. The Bertz CT molecular complexity index is 324. The Labute approximate surface area is 92.9 Å². The summed E-state index contributed by atoms with van der Waals surface area (Å²) in [5.41, 5.74) is 2.33. The Kier molecular flexibility index (Phi) is 4.74. The maximum atomic E-state index is 10.8. The first kappa shape index (κ1) is 12.2. The van der Waals surface area contributed by atoms with Crippen LogP contribution in [0.25, 0.3) is 0 Å². The first-order chi connectivity index (χ1) is 7.15. The summed E-state index contributed by atoms with van der Waals surface area (Å²) in [5, 5.41) is 15.9. The third-order valence-corrected chi connectivity index (χ3v) is 3.04. The lowest BCUT2D eigenvalue weighted by molar-refractivity contribution is -0.140. The fourth-order valence-corrected chi connectivity index (χ4v) is 2.04. The standard InChI is InChI=1S/C10H15NO3S/c1-7-5-15-6-8(7)3-11-9(4-14-2)10(12)13/h5-6,9,11H,3-4H2,1-2H3,(H,12,13). The Morgan fingerprint density at radius 3 is 2.87 bits per heavy atom. The van der Waals surface area contributed by atoms with Gasteiger partial charge < -0.3 is 9.84 Å². The van der Waals surface area contributed by atoms with Gasteiger partial charge >= 0.3 is 5.97 Å². The molecule has 0 saturated heterocycles. The lowest BCUT2D eigenvalue weighted by Crippen LogP contribution is -2.39. The SMILES string of the molecule is COCC(NCc1cscc1C)C(=O)O. The van der Waals surface area contributed by atoms with Crippen molar-refractivity contribution in [3.8, 4) is 0 Å². The van der Waals surface area contributed by atoms with Crippen molar-refractivity contribution in [2.24, 2.45) is 0 Å². The van der Waals surface area contributed by atoms with Crippen molar-refractivity contribution in [2.75, 3.05) is 13.7 Å². The van der Waals surface area contributed by atoms with Gasteiger partial charge in [0.25, 0.3) is 0 Å². The number of aliphatic carboxylic acids is 1. The number of nitrogens with one attached hydrogen (secondary N) is 1. The van der Waals surface area contributed by atoms with Crippen molar-refractivity contribution in [2.45, 2.75) is 19.5 Å². The van der Waals surface area contributed by atoms with Crippen molar-refractivity contribution in [1.82, 2.24) is 5.32 Å². The molecule has 4 nitrogen and oxygen atoms in total. The molecule has 0 radical (unpaired) electrons. The van der Waals surface area contributed by atoms with Crippen molar-refractivity contribution in [3.63, 3.8) is 0 Å². The van der Waals surface area contributed by atoms with Gasteiger partial charge in [0.2, 0.25) is 0 Å². The minimum absolute atomic E-state index is 0.179. The molecule has 1 unspecified atom stereocenters. The fourth-order valence-electron chi connectivity index (χ4n) is 1.19. The zero-order valence-electron chi connectivity index (χ0n) is 8.82. The fraction of sp³-hybridized carbons (Fsp3) is 0.500. The molecule has 5 heteroatoms. The first-order valence-electron chi connectivity index (χ1n) is 4.62. The summed E-state index contributed by atoms with van der Waals surface area (Å²) >= 11 is 1.62. The van der Waals surface area contributed by atoms with Gasteiger partial charge in [-0.1, -0.05) is 0 Å². The zero-order valence-corrected chi connectivity index (χ0v) is 9.63. The largest absolute Gasteiger partial charge is 0.480 e. The quantitative estimate of drug-likeness (QED) is 0.770. The molecule has 1 heterocycles. The number of aryl methyl sites for hydroxylation is 1. The number of ether oxygens (including phenoxy) is 1. The molecule has 0 fully saturated rings. The van der Waals surface area contributed by atoms with Gasteiger partial charge in [0.05, 0.1) is 6.61 Å². The van der Waals surface area contributed by atoms with E-state index in [-0.39, 0.29) is 6.61 Å². The predicted octanol–water partition coefficient (Wildman–Crippen LogP) is 1.25. The highest BCUT2D eigenvalue weighted by Gasteiger charge is 2.16. The van der Waals surface area contributed by atoms with E-state index in [4.69, 9.17) is 9.84 Å². The van der Waals surface area contributed by atoms with Crippen LogP contribution in [-0.4, -0.2) is 30.8 Å². The molecule has 15 heavy (non-hydrogen) atoms. The summed E-state index contributed by atoms with van der Waals surface area (Å²) in [6.07, 6.45) is 0. The lowest BCUT2D eigenvalue weighted by Gasteiger charge is -2.13. The van der Waals surface area contributed by atoms with Crippen molar-refractivity contribution < 1.29 is 14.6 Å². The topological polar surface area (TPSA) is 58.6 Å². The molecule has 1 rings (SSSR count). The van der Waals surface area contributed by atoms with Crippen molar-refractivity contribution >= 4 is 17.3 Å². The van der Waals surface area contributed by atoms with Gasteiger partial charge in [-0.2, -0.15) is 11.3 Å². The average Bonchev–Trinajstić information content (AvgIpc) is 2.58. The number of rotatable bonds is 6. The highest BCUT2D eigenvalue weighted by atomic mass is 32.1. The summed E-state index contributed by atoms with van der Waals surface area (Å²) in [7, 11) is 1.49. The Morgan fingerprint density at radius 2 is 2.40 bits per heavy atom. The van der Waals surface area contributed by atoms with Gasteiger partial charge in [-0.25, -0.2) is 0 Å². The van der Waals surface area contributed by atoms with E-state index in [9.17, 15) is 4.79 Å². The van der Waals surface area contributed by atoms with E-state index in [1.54, 1.807) is 11.3 Å². The van der Waals surface area contributed by atoms with E-state index in [2.05, 4.69) is 5.32 Å². The van der Waals surface area contributed by atoms with Crippen molar-refractivity contribution in [1.29, 1.82) is 0 Å². The highest BCUT2D eigenvalue weighted by molar-refractivity contribution is 7.08. The maximum absolute atomic E-state index is 10.8. The summed E-state index contributed by atoms with van der Waals surface area (Å²) < 4.78 is 4.82. The summed E-state index contributed by atoms with van der Waals surface area (Å²) in [5.74, 6) is -0.885. The van der Waals surface area contributed by atoms with Gasteiger partial charge in [-0.15, -0.1) is 0 Å². The molecule has 1 atom stereocenters. The number of thiophene rings is 1. The normalized spacial score (nSPS) is 12.7. The van der Waals surface area contributed by atoms with Crippen LogP contribution in [0.15, 0.2) is 10.8 Å². The van der Waals surface area contributed by atoms with E-state index >= 15 is 0 Å². The second-order valence-electron chi connectivity index (χ2n) is 3.31. The van der Waals surface area contributed by atoms with E-state index in [0.29, 0.717) is 6.54 Å². The van der Waals surface area contributed by atoms with Gasteiger partial charge in [0, 0.05) is 13.7 Å². The molecule has 2 N–H and O–H groups in total. The Morgan fingerprint density at radius 1 is 1.67 bits per heavy atom. The van der Waals surface area contributed by atoms with Crippen LogP contribution in [-0.2, 0) is 16.1 Å². The molecule has 0 spiro atoms. The number of carboxylic acid groups (broad SMARTS) is 1. The van der Waals surface area contributed by atoms with Crippen LogP contribution in [0.4, 0.5) is 0 Å². The second-order valence-corrected chi connectivity index (χ2v) is 4.05. The lowest BCUT2D eigenvalue weighted by atomic mass is 10.2. The van der Waals surface area contributed by atoms with Crippen LogP contribution in [0, 0.1) is 6.92 Å². The third kappa shape index (κ3) is 3.62. The van der Waals surface area contributed by atoms with Crippen LogP contribution in [0.1, 0.15) is 11.1 Å². The number of carboxylic acids is 1. The van der Waals surface area contributed by atoms with Gasteiger partial charge in [-0.3, -0.25) is 10.1 Å². The molecule has 0 bridgehead atoms. The van der Waals surface area contributed by atoms with Crippen LogP contribution in [0.3, 0.4) is 0 Å². The molecular formula is C10H15NO3S. The number of methoxy groups -OCH3 is 1. The Hall–Kier alpha value is -0.910. The molecule has 0 saturated carbocycles. The maximum Gasteiger partial charge on any atom is 0.323 e. The Balaban J connectivity index is 2.47. The van der Waals surface area contributed by atoms with E-state index in [1.165, 1.54) is 12.7 Å². The second kappa shape index (κ2) is 5.85. The molecule has 0 aromatic carbocycles. The summed E-state index contributed by atoms with van der Waals surface area (Å²) in [6.45, 7) is 2.76. The first-order valence-corrected chi connectivity index (χ1v) is 5.56. The molecule has 0 amide bonds. The minimum atomic E-state index is -0.885. The number of hydrogen-bond acceptors (Lipinski definition) is 4. The molecule has 0 aliphatic heterocycles. The number of hydrogen-bond donors (Lipinski definition) is 2.